The molecule has 1 aliphatic carbocycles. The van der Waals surface area contributed by atoms with Gasteiger partial charge >= 0.3 is 6.09 Å². The van der Waals surface area contributed by atoms with E-state index < -0.39 is 42.3 Å². The van der Waals surface area contributed by atoms with Crippen molar-refractivity contribution in [1.82, 2.24) is 4.90 Å². The van der Waals surface area contributed by atoms with Crippen LogP contribution in [0.1, 0.15) is 72.8 Å². The van der Waals surface area contributed by atoms with Crippen LogP contribution >= 0.6 is 0 Å². The van der Waals surface area contributed by atoms with Crippen molar-refractivity contribution in [3.05, 3.63) is 62.3 Å². The Hall–Kier alpha value is -3.56. The van der Waals surface area contributed by atoms with Crippen molar-refractivity contribution < 1.29 is 34.1 Å². The second-order valence-electron chi connectivity index (χ2n) is 9.60. The Kier molecular flexibility index (Phi) is 7.96. The maximum absolute atomic E-state index is 13.2. The Morgan fingerprint density at radius 2 is 1.86 bits per heavy atom. The smallest absolute Gasteiger partial charge is 0.417 e. The summed E-state index contributed by atoms with van der Waals surface area (Å²) in [4.78, 5) is 52.2. The summed E-state index contributed by atoms with van der Waals surface area (Å²) in [6, 6.07) is 5.19. The van der Waals surface area contributed by atoms with Gasteiger partial charge in [0.05, 0.1) is 26.4 Å². The number of hydrogen-bond acceptors (Lipinski definition) is 8. The fourth-order valence-corrected chi connectivity index (χ4v) is 4.64. The Morgan fingerprint density at radius 3 is 2.39 bits per heavy atom. The van der Waals surface area contributed by atoms with E-state index >= 15 is 0 Å². The highest BCUT2D eigenvalue weighted by atomic mass is 16.6. The van der Waals surface area contributed by atoms with Crippen LogP contribution in [0.15, 0.2) is 29.1 Å². The van der Waals surface area contributed by atoms with E-state index in [4.69, 9.17) is 9.47 Å². The molecule has 0 spiro atoms. The molecule has 0 unspecified atom stereocenters. The number of aldehydes is 1. The van der Waals surface area contributed by atoms with E-state index in [-0.39, 0.29) is 23.3 Å². The number of benzene rings is 1. The van der Waals surface area contributed by atoms with Crippen molar-refractivity contribution in [1.29, 1.82) is 0 Å². The Bertz CT molecular complexity index is 1260. The maximum atomic E-state index is 13.2. The number of fused-ring (bicyclic) bond motifs is 3. The summed E-state index contributed by atoms with van der Waals surface area (Å²) in [6.45, 7) is 5.42. The number of aryl methyl sites for hydroxylation is 1. The average molecular weight is 498 g/mol. The number of hydrogen-bond donors (Lipinski definition) is 2. The normalized spacial score (nSPS) is 14.7. The molecule has 2 aromatic rings. The number of methoxy groups -OCH3 is 1. The quantitative estimate of drug-likeness (QED) is 0.602. The molecule has 2 aromatic carbocycles. The van der Waals surface area contributed by atoms with Crippen LogP contribution in [0.4, 0.5) is 4.79 Å². The lowest BCUT2D eigenvalue weighted by molar-refractivity contribution is -0.130. The number of amides is 2. The van der Waals surface area contributed by atoms with Gasteiger partial charge in [-0.1, -0.05) is 12.1 Å². The van der Waals surface area contributed by atoms with Gasteiger partial charge in [-0.05, 0) is 79.1 Å². The first-order valence-electron chi connectivity index (χ1n) is 11.6. The molecule has 0 fully saturated rings. The molecule has 1 aliphatic rings. The van der Waals surface area contributed by atoms with Crippen LogP contribution in [0, 0.1) is 0 Å². The average Bonchev–Trinajstić information content (AvgIpc) is 3.05. The van der Waals surface area contributed by atoms with Gasteiger partial charge in [-0.15, -0.1) is 0 Å². The molecule has 1 atom stereocenters. The van der Waals surface area contributed by atoms with E-state index in [0.717, 1.165) is 4.90 Å². The van der Waals surface area contributed by atoms with Gasteiger partial charge in [0.25, 0.3) is 0 Å². The SMILES string of the molecule is COc1ccc2c(cc1=O)[C@@H](N(C(C)=O)C(=O)OC(C)(C)C)CCc1cc(CO)c(CO)c(C=O)c1-2. The van der Waals surface area contributed by atoms with Crippen LogP contribution in [0.5, 0.6) is 5.75 Å². The van der Waals surface area contributed by atoms with E-state index in [9.17, 15) is 29.4 Å². The molecule has 0 saturated heterocycles. The van der Waals surface area contributed by atoms with Gasteiger partial charge < -0.3 is 19.7 Å². The maximum Gasteiger partial charge on any atom is 0.417 e. The highest BCUT2D eigenvalue weighted by molar-refractivity contribution is 5.95. The highest BCUT2D eigenvalue weighted by Gasteiger charge is 2.36. The molecule has 0 bridgehead atoms. The van der Waals surface area contributed by atoms with E-state index in [1.807, 2.05) is 0 Å². The largest absolute Gasteiger partial charge is 0.493 e. The number of aliphatic hydroxyl groups is 2. The zero-order valence-electron chi connectivity index (χ0n) is 21.1. The number of carbonyl (C=O) groups is 3. The Morgan fingerprint density at radius 1 is 1.17 bits per heavy atom. The fraction of sp³-hybridized carbons (Fsp3) is 0.407. The first kappa shape index (κ1) is 27.0. The van der Waals surface area contributed by atoms with E-state index in [2.05, 4.69) is 0 Å². The summed E-state index contributed by atoms with van der Waals surface area (Å²) in [5.74, 6) is -0.531. The standard InChI is InChI=1S/C27H31NO8/c1-15(32)28(26(34)36-27(2,3)4)22-8-6-16-10-17(12-29)20(13-30)21(14-31)25(16)18-7-9-24(35-5)23(33)11-19(18)22/h7,9-11,14,22,29-30H,6,8,12-13H2,1-5H3/t22-/m0/s1. The van der Waals surface area contributed by atoms with Crippen molar-refractivity contribution in [2.75, 3.05) is 7.11 Å². The zero-order valence-corrected chi connectivity index (χ0v) is 21.1. The zero-order chi connectivity index (χ0) is 26.8. The predicted molar refractivity (Wildman–Crippen MR) is 132 cm³/mol. The fourth-order valence-electron chi connectivity index (χ4n) is 4.64. The van der Waals surface area contributed by atoms with Gasteiger partial charge in [0.15, 0.2) is 12.0 Å². The number of ether oxygens (including phenoxy) is 2. The molecule has 36 heavy (non-hydrogen) atoms. The van der Waals surface area contributed by atoms with E-state index in [1.165, 1.54) is 26.2 Å². The van der Waals surface area contributed by atoms with Crippen molar-refractivity contribution in [3.8, 4) is 16.9 Å². The third kappa shape index (κ3) is 5.17. The molecular formula is C27H31NO8. The molecule has 9 nitrogen and oxygen atoms in total. The molecule has 0 aliphatic heterocycles. The summed E-state index contributed by atoms with van der Waals surface area (Å²) in [7, 11) is 1.35. The number of nitrogens with zero attached hydrogens (tertiary/aromatic N) is 1. The third-order valence-corrected chi connectivity index (χ3v) is 6.12. The molecular weight excluding hydrogens is 466 g/mol. The van der Waals surface area contributed by atoms with Crippen molar-refractivity contribution >= 4 is 18.3 Å². The summed E-state index contributed by atoms with van der Waals surface area (Å²) in [5.41, 5.74) is 1.42. The Balaban J connectivity index is 2.41. The molecule has 0 heterocycles. The summed E-state index contributed by atoms with van der Waals surface area (Å²) >= 11 is 0. The van der Waals surface area contributed by atoms with Crippen molar-refractivity contribution in [3.63, 3.8) is 0 Å². The second-order valence-corrected chi connectivity index (χ2v) is 9.60. The lowest BCUT2D eigenvalue weighted by atomic mass is 9.87. The molecule has 0 aromatic heterocycles. The van der Waals surface area contributed by atoms with Gasteiger partial charge in [0, 0.05) is 12.5 Å². The third-order valence-electron chi connectivity index (χ3n) is 6.12. The van der Waals surface area contributed by atoms with Gasteiger partial charge in [0.2, 0.25) is 11.3 Å². The first-order valence-corrected chi connectivity index (χ1v) is 11.6. The summed E-state index contributed by atoms with van der Waals surface area (Å²) in [6.07, 6.45) is 0.292. The summed E-state index contributed by atoms with van der Waals surface area (Å²) in [5, 5.41) is 19.9. The van der Waals surface area contributed by atoms with Crippen LogP contribution in [0.25, 0.3) is 11.1 Å². The lowest BCUT2D eigenvalue weighted by Crippen LogP contribution is -2.42. The van der Waals surface area contributed by atoms with Crippen LogP contribution in [0.2, 0.25) is 0 Å². The lowest BCUT2D eigenvalue weighted by Gasteiger charge is -2.31. The van der Waals surface area contributed by atoms with Gasteiger partial charge in [0.1, 0.15) is 5.60 Å². The molecule has 2 amide bonds. The Labute approximate surface area is 209 Å². The predicted octanol–water partition coefficient (Wildman–Crippen LogP) is 3.29. The highest BCUT2D eigenvalue weighted by Crippen LogP contribution is 2.43. The van der Waals surface area contributed by atoms with Gasteiger partial charge in [-0.3, -0.25) is 14.4 Å². The van der Waals surface area contributed by atoms with E-state index in [0.29, 0.717) is 40.5 Å². The topological polar surface area (TPSA) is 130 Å². The molecule has 3 rings (SSSR count). The first-order chi connectivity index (χ1) is 17.0. The summed E-state index contributed by atoms with van der Waals surface area (Å²) < 4.78 is 10.7. The molecule has 2 N–H and O–H groups in total. The second kappa shape index (κ2) is 10.6. The number of imide groups is 1. The number of carbonyl (C=O) groups excluding carboxylic acids is 3. The van der Waals surface area contributed by atoms with Crippen LogP contribution < -0.4 is 10.2 Å². The molecule has 192 valence electrons. The molecule has 9 heteroatoms. The number of aliphatic hydroxyl groups excluding tert-OH is 2. The van der Waals surface area contributed by atoms with Crippen LogP contribution in [-0.2, 0) is 29.2 Å². The molecule has 0 saturated carbocycles. The van der Waals surface area contributed by atoms with Gasteiger partial charge in [-0.2, -0.15) is 0 Å². The van der Waals surface area contributed by atoms with Crippen LogP contribution in [0.3, 0.4) is 0 Å². The minimum Gasteiger partial charge on any atom is -0.493 e. The molecule has 0 radical (unpaired) electrons. The number of rotatable bonds is 5. The minimum absolute atomic E-state index is 0.0389. The van der Waals surface area contributed by atoms with Gasteiger partial charge in [-0.25, -0.2) is 9.69 Å². The minimum atomic E-state index is -0.890. The van der Waals surface area contributed by atoms with E-state index in [1.54, 1.807) is 32.9 Å². The van der Waals surface area contributed by atoms with Crippen LogP contribution in [-0.4, -0.2) is 46.1 Å². The van der Waals surface area contributed by atoms with Crippen molar-refractivity contribution in [2.24, 2.45) is 0 Å². The monoisotopic (exact) mass is 497 g/mol. The van der Waals surface area contributed by atoms with Crippen molar-refractivity contribution in [2.45, 2.75) is 65.4 Å².